The number of carbonyl (C=O) groups is 2. The molecule has 1 aromatic rings. The van der Waals surface area contributed by atoms with Crippen molar-refractivity contribution < 1.29 is 14.7 Å². The quantitative estimate of drug-likeness (QED) is 0.871. The summed E-state index contributed by atoms with van der Waals surface area (Å²) in [5, 5.41) is 12.0. The van der Waals surface area contributed by atoms with E-state index in [1.165, 1.54) is 0 Å². The lowest BCUT2D eigenvalue weighted by Crippen LogP contribution is -2.57. The van der Waals surface area contributed by atoms with E-state index < -0.39 is 16.9 Å². The van der Waals surface area contributed by atoms with Crippen LogP contribution >= 0.6 is 0 Å². The number of hydrogen-bond acceptors (Lipinski definition) is 3. The van der Waals surface area contributed by atoms with E-state index in [0.29, 0.717) is 0 Å². The van der Waals surface area contributed by atoms with E-state index in [1.54, 1.807) is 52.8 Å². The topological polar surface area (TPSA) is 79.3 Å². The molecule has 0 spiro atoms. The number of carbonyl (C=O) groups excluding carboxylic acids is 1. The van der Waals surface area contributed by atoms with Crippen molar-refractivity contribution in [1.82, 2.24) is 10.3 Å². The number of nitrogens with one attached hydrogen (secondary N) is 1. The van der Waals surface area contributed by atoms with Gasteiger partial charge in [-0.05, 0) is 46.8 Å². The highest BCUT2D eigenvalue weighted by Crippen LogP contribution is 2.30. The molecule has 1 aromatic heterocycles. The Morgan fingerprint density at radius 1 is 1.21 bits per heavy atom. The van der Waals surface area contributed by atoms with E-state index in [4.69, 9.17) is 0 Å². The minimum absolute atomic E-state index is 0.286. The lowest BCUT2D eigenvalue weighted by molar-refractivity contribution is -0.150. The Balaban J connectivity index is 2.96. The summed E-state index contributed by atoms with van der Waals surface area (Å²) >= 11 is 0. The Labute approximate surface area is 113 Å². The van der Waals surface area contributed by atoms with Crippen LogP contribution in [0.5, 0.6) is 0 Å². The minimum atomic E-state index is -1.09. The zero-order valence-corrected chi connectivity index (χ0v) is 11.9. The van der Waals surface area contributed by atoms with Crippen molar-refractivity contribution in [2.75, 3.05) is 0 Å². The molecule has 0 saturated carbocycles. The van der Waals surface area contributed by atoms with E-state index in [-0.39, 0.29) is 11.6 Å². The molecule has 1 rings (SSSR count). The maximum atomic E-state index is 12.1. The van der Waals surface area contributed by atoms with Crippen LogP contribution < -0.4 is 5.32 Å². The number of aromatic nitrogens is 1. The summed E-state index contributed by atoms with van der Waals surface area (Å²) in [7, 11) is 0. The third kappa shape index (κ3) is 3.10. The number of amides is 1. The number of carboxylic acids is 1. The maximum Gasteiger partial charge on any atom is 0.311 e. The van der Waals surface area contributed by atoms with Crippen LogP contribution in [0, 0.1) is 12.3 Å². The predicted molar refractivity (Wildman–Crippen MR) is 71.9 cm³/mol. The van der Waals surface area contributed by atoms with Gasteiger partial charge in [0.05, 0.1) is 11.0 Å². The Bertz CT molecular complexity index is 507. The number of pyridine rings is 1. The molecule has 0 unspecified atom stereocenters. The SMILES string of the molecule is Cc1cccc(C(=O)NC(C)(C)C(C)(C)C(=O)O)n1. The van der Waals surface area contributed by atoms with Crippen LogP contribution in [0.3, 0.4) is 0 Å². The summed E-state index contributed by atoms with van der Waals surface area (Å²) in [6.07, 6.45) is 0. The standard InChI is InChI=1S/C14H20N2O3/c1-9-7-6-8-10(15-9)11(17)16-14(4,5)13(2,3)12(18)19/h6-8H,1-5H3,(H,16,17)(H,18,19). The molecule has 0 atom stereocenters. The Morgan fingerprint density at radius 3 is 2.26 bits per heavy atom. The monoisotopic (exact) mass is 264 g/mol. The van der Waals surface area contributed by atoms with Gasteiger partial charge in [-0.15, -0.1) is 0 Å². The smallest absolute Gasteiger partial charge is 0.311 e. The first-order chi connectivity index (χ1) is 8.58. The second kappa shape index (κ2) is 4.99. The molecule has 0 aromatic carbocycles. The van der Waals surface area contributed by atoms with E-state index in [2.05, 4.69) is 10.3 Å². The molecule has 5 nitrogen and oxygen atoms in total. The molecular weight excluding hydrogens is 244 g/mol. The predicted octanol–water partition coefficient (Wildman–Crippen LogP) is 2.01. The molecule has 104 valence electrons. The van der Waals surface area contributed by atoms with Crippen molar-refractivity contribution in [3.05, 3.63) is 29.6 Å². The summed E-state index contributed by atoms with van der Waals surface area (Å²) in [5.74, 6) is -1.34. The summed E-state index contributed by atoms with van der Waals surface area (Å²) in [4.78, 5) is 27.5. The van der Waals surface area contributed by atoms with Gasteiger partial charge in [-0.3, -0.25) is 9.59 Å². The van der Waals surface area contributed by atoms with Gasteiger partial charge in [-0.1, -0.05) is 6.07 Å². The van der Waals surface area contributed by atoms with Crippen molar-refractivity contribution in [1.29, 1.82) is 0 Å². The van der Waals surface area contributed by atoms with Gasteiger partial charge in [-0.2, -0.15) is 0 Å². The molecule has 0 fully saturated rings. The minimum Gasteiger partial charge on any atom is -0.481 e. The van der Waals surface area contributed by atoms with Crippen LogP contribution in [0.4, 0.5) is 0 Å². The highest BCUT2D eigenvalue weighted by atomic mass is 16.4. The number of aryl methyl sites for hydroxylation is 1. The van der Waals surface area contributed by atoms with E-state index in [0.717, 1.165) is 5.69 Å². The summed E-state index contributed by atoms with van der Waals surface area (Å²) < 4.78 is 0. The van der Waals surface area contributed by atoms with E-state index >= 15 is 0 Å². The fourth-order valence-electron chi connectivity index (χ4n) is 1.44. The van der Waals surface area contributed by atoms with Gasteiger partial charge in [0.25, 0.3) is 5.91 Å². The number of nitrogens with zero attached hydrogens (tertiary/aromatic N) is 1. The van der Waals surface area contributed by atoms with Crippen LogP contribution in [-0.2, 0) is 4.79 Å². The van der Waals surface area contributed by atoms with Gasteiger partial charge in [0.2, 0.25) is 0 Å². The van der Waals surface area contributed by atoms with Crippen LogP contribution in [0.1, 0.15) is 43.9 Å². The molecule has 19 heavy (non-hydrogen) atoms. The molecule has 0 aliphatic carbocycles. The molecule has 0 bridgehead atoms. The summed E-state index contributed by atoms with van der Waals surface area (Å²) in [5.41, 5.74) is -0.967. The largest absolute Gasteiger partial charge is 0.481 e. The lowest BCUT2D eigenvalue weighted by atomic mass is 9.74. The highest BCUT2D eigenvalue weighted by molar-refractivity contribution is 5.93. The fourth-order valence-corrected chi connectivity index (χ4v) is 1.44. The third-order valence-electron chi connectivity index (χ3n) is 3.64. The average Bonchev–Trinajstić information content (AvgIpc) is 2.27. The zero-order valence-electron chi connectivity index (χ0n) is 11.9. The molecule has 2 N–H and O–H groups in total. The van der Waals surface area contributed by atoms with Crippen molar-refractivity contribution in [2.45, 2.75) is 40.2 Å². The molecule has 5 heteroatoms. The molecule has 1 amide bonds. The number of aliphatic carboxylic acids is 1. The Hall–Kier alpha value is -1.91. The summed E-state index contributed by atoms with van der Waals surface area (Å²) in [6.45, 7) is 8.34. The van der Waals surface area contributed by atoms with Crippen LogP contribution in [-0.4, -0.2) is 27.5 Å². The second-order valence-electron chi connectivity index (χ2n) is 5.67. The molecule has 0 radical (unpaired) electrons. The number of carboxylic acid groups (broad SMARTS) is 1. The van der Waals surface area contributed by atoms with Crippen molar-refractivity contribution >= 4 is 11.9 Å². The van der Waals surface area contributed by atoms with Crippen LogP contribution in [0.2, 0.25) is 0 Å². The number of hydrogen-bond donors (Lipinski definition) is 2. The average molecular weight is 264 g/mol. The Morgan fingerprint density at radius 2 is 1.79 bits per heavy atom. The highest BCUT2D eigenvalue weighted by Gasteiger charge is 2.44. The molecule has 0 aliphatic rings. The molecule has 0 aliphatic heterocycles. The first kappa shape index (κ1) is 15.1. The van der Waals surface area contributed by atoms with E-state index in [9.17, 15) is 14.7 Å². The molecule has 1 heterocycles. The summed E-state index contributed by atoms with van der Waals surface area (Å²) in [6, 6.07) is 5.14. The first-order valence-electron chi connectivity index (χ1n) is 6.07. The van der Waals surface area contributed by atoms with Crippen molar-refractivity contribution in [3.63, 3.8) is 0 Å². The maximum absolute atomic E-state index is 12.1. The van der Waals surface area contributed by atoms with Gasteiger partial charge in [0, 0.05) is 5.69 Å². The van der Waals surface area contributed by atoms with Gasteiger partial charge < -0.3 is 10.4 Å². The van der Waals surface area contributed by atoms with Gasteiger partial charge in [-0.25, -0.2) is 4.98 Å². The van der Waals surface area contributed by atoms with Gasteiger partial charge in [0.1, 0.15) is 5.69 Å². The Kier molecular flexibility index (Phi) is 3.98. The van der Waals surface area contributed by atoms with Gasteiger partial charge in [0.15, 0.2) is 0 Å². The first-order valence-corrected chi connectivity index (χ1v) is 6.07. The third-order valence-corrected chi connectivity index (χ3v) is 3.64. The lowest BCUT2D eigenvalue weighted by Gasteiger charge is -2.38. The molecular formula is C14H20N2O3. The fraction of sp³-hybridized carbons (Fsp3) is 0.500. The molecule has 0 saturated heterocycles. The zero-order chi connectivity index (χ0) is 14.8. The normalized spacial score (nSPS) is 12.1. The van der Waals surface area contributed by atoms with E-state index in [1.807, 2.05) is 0 Å². The van der Waals surface area contributed by atoms with Crippen molar-refractivity contribution in [2.24, 2.45) is 5.41 Å². The van der Waals surface area contributed by atoms with Crippen molar-refractivity contribution in [3.8, 4) is 0 Å². The van der Waals surface area contributed by atoms with Gasteiger partial charge >= 0.3 is 5.97 Å². The number of rotatable bonds is 4. The van der Waals surface area contributed by atoms with Crippen LogP contribution in [0.25, 0.3) is 0 Å². The second-order valence-corrected chi connectivity index (χ2v) is 5.67. The van der Waals surface area contributed by atoms with Crippen LogP contribution in [0.15, 0.2) is 18.2 Å².